The SMILES string of the molecule is Cc1c(O)cc(CCN)cc1Cl. The van der Waals surface area contributed by atoms with Crippen LogP contribution in [-0.4, -0.2) is 11.7 Å². The van der Waals surface area contributed by atoms with Gasteiger partial charge in [0, 0.05) is 10.6 Å². The molecule has 0 unspecified atom stereocenters. The Labute approximate surface area is 77.0 Å². The van der Waals surface area contributed by atoms with Crippen molar-refractivity contribution < 1.29 is 5.11 Å². The molecule has 0 amide bonds. The third-order valence-electron chi connectivity index (χ3n) is 1.81. The second-order valence-corrected chi connectivity index (χ2v) is 3.17. The van der Waals surface area contributed by atoms with Crippen molar-refractivity contribution in [2.24, 2.45) is 5.73 Å². The molecule has 0 aliphatic carbocycles. The van der Waals surface area contributed by atoms with Crippen LogP contribution in [-0.2, 0) is 6.42 Å². The van der Waals surface area contributed by atoms with Crippen LogP contribution in [0.3, 0.4) is 0 Å². The van der Waals surface area contributed by atoms with Crippen LogP contribution in [0.25, 0.3) is 0 Å². The molecule has 0 aliphatic heterocycles. The number of aromatic hydroxyl groups is 1. The Balaban J connectivity index is 3.04. The number of nitrogens with two attached hydrogens (primary N) is 1. The smallest absolute Gasteiger partial charge is 0.120 e. The molecule has 3 heteroatoms. The van der Waals surface area contributed by atoms with Gasteiger partial charge in [-0.3, -0.25) is 0 Å². The molecule has 1 aromatic rings. The van der Waals surface area contributed by atoms with Crippen molar-refractivity contribution in [1.29, 1.82) is 0 Å². The maximum Gasteiger partial charge on any atom is 0.120 e. The van der Waals surface area contributed by atoms with Gasteiger partial charge >= 0.3 is 0 Å². The molecule has 66 valence electrons. The minimum atomic E-state index is 0.242. The summed E-state index contributed by atoms with van der Waals surface area (Å²) in [5.41, 5.74) is 7.07. The summed E-state index contributed by atoms with van der Waals surface area (Å²) in [7, 11) is 0. The molecule has 1 aromatic carbocycles. The third kappa shape index (κ3) is 1.90. The Hall–Kier alpha value is -0.730. The van der Waals surface area contributed by atoms with Gasteiger partial charge in [0.05, 0.1) is 0 Å². The Kier molecular flexibility index (Phi) is 2.95. The number of hydrogen-bond donors (Lipinski definition) is 2. The van der Waals surface area contributed by atoms with Gasteiger partial charge in [0.1, 0.15) is 5.75 Å². The Morgan fingerprint density at radius 2 is 2.17 bits per heavy atom. The molecule has 0 atom stereocenters. The zero-order chi connectivity index (χ0) is 9.14. The van der Waals surface area contributed by atoms with Gasteiger partial charge in [-0.25, -0.2) is 0 Å². The normalized spacial score (nSPS) is 10.2. The summed E-state index contributed by atoms with van der Waals surface area (Å²) in [5.74, 6) is 0.242. The van der Waals surface area contributed by atoms with Crippen molar-refractivity contribution >= 4 is 11.6 Å². The fourth-order valence-electron chi connectivity index (χ4n) is 1.03. The van der Waals surface area contributed by atoms with E-state index in [1.165, 1.54) is 0 Å². The summed E-state index contributed by atoms with van der Waals surface area (Å²) in [6.45, 7) is 2.35. The Morgan fingerprint density at radius 3 is 2.67 bits per heavy atom. The van der Waals surface area contributed by atoms with E-state index in [0.29, 0.717) is 11.6 Å². The second-order valence-electron chi connectivity index (χ2n) is 2.76. The summed E-state index contributed by atoms with van der Waals surface area (Å²) < 4.78 is 0. The molecule has 12 heavy (non-hydrogen) atoms. The predicted molar refractivity (Wildman–Crippen MR) is 50.6 cm³/mol. The van der Waals surface area contributed by atoms with E-state index < -0.39 is 0 Å². The van der Waals surface area contributed by atoms with E-state index in [2.05, 4.69) is 0 Å². The molecule has 0 radical (unpaired) electrons. The number of phenolic OH excluding ortho intramolecular Hbond substituents is 1. The largest absolute Gasteiger partial charge is 0.508 e. The highest BCUT2D eigenvalue weighted by Gasteiger charge is 2.03. The van der Waals surface area contributed by atoms with E-state index in [0.717, 1.165) is 17.5 Å². The van der Waals surface area contributed by atoms with Gasteiger partial charge in [-0.2, -0.15) is 0 Å². The molecule has 0 saturated heterocycles. The van der Waals surface area contributed by atoms with E-state index >= 15 is 0 Å². The van der Waals surface area contributed by atoms with Gasteiger partial charge in [-0.15, -0.1) is 0 Å². The lowest BCUT2D eigenvalue weighted by Gasteiger charge is -2.04. The molecule has 0 aromatic heterocycles. The molecule has 0 saturated carbocycles. The molecule has 0 spiro atoms. The Morgan fingerprint density at radius 1 is 1.50 bits per heavy atom. The average molecular weight is 186 g/mol. The lowest BCUT2D eigenvalue weighted by atomic mass is 10.1. The standard InChI is InChI=1S/C9H12ClNO/c1-6-8(10)4-7(2-3-11)5-9(6)12/h4-5,12H,2-3,11H2,1H3. The van der Waals surface area contributed by atoms with Crippen LogP contribution in [0.1, 0.15) is 11.1 Å². The quantitative estimate of drug-likeness (QED) is 0.739. The van der Waals surface area contributed by atoms with Gasteiger partial charge in [0.25, 0.3) is 0 Å². The van der Waals surface area contributed by atoms with Crippen LogP contribution in [0.2, 0.25) is 5.02 Å². The van der Waals surface area contributed by atoms with E-state index in [4.69, 9.17) is 17.3 Å². The highest BCUT2D eigenvalue weighted by Crippen LogP contribution is 2.26. The molecular weight excluding hydrogens is 174 g/mol. The lowest BCUT2D eigenvalue weighted by molar-refractivity contribution is 0.470. The maximum absolute atomic E-state index is 9.38. The van der Waals surface area contributed by atoms with Crippen LogP contribution >= 0.6 is 11.6 Å². The monoisotopic (exact) mass is 185 g/mol. The Bertz CT molecular complexity index is 263. The van der Waals surface area contributed by atoms with Crippen LogP contribution in [0.15, 0.2) is 12.1 Å². The molecule has 1 rings (SSSR count). The number of hydrogen-bond acceptors (Lipinski definition) is 2. The van der Waals surface area contributed by atoms with Crippen molar-refractivity contribution in [1.82, 2.24) is 0 Å². The number of rotatable bonds is 2. The molecular formula is C9H12ClNO. The number of halogens is 1. The van der Waals surface area contributed by atoms with Crippen molar-refractivity contribution in [3.63, 3.8) is 0 Å². The predicted octanol–water partition coefficient (Wildman–Crippen LogP) is 1.86. The first-order valence-corrected chi connectivity index (χ1v) is 4.21. The zero-order valence-corrected chi connectivity index (χ0v) is 7.73. The van der Waals surface area contributed by atoms with E-state index in [1.807, 2.05) is 6.07 Å². The molecule has 0 heterocycles. The van der Waals surface area contributed by atoms with Crippen molar-refractivity contribution in [2.45, 2.75) is 13.3 Å². The zero-order valence-electron chi connectivity index (χ0n) is 6.97. The molecule has 0 aliphatic rings. The minimum absolute atomic E-state index is 0.242. The van der Waals surface area contributed by atoms with Gasteiger partial charge in [0.2, 0.25) is 0 Å². The fraction of sp³-hybridized carbons (Fsp3) is 0.333. The van der Waals surface area contributed by atoms with Crippen LogP contribution in [0.4, 0.5) is 0 Å². The summed E-state index contributed by atoms with van der Waals surface area (Å²) in [5, 5.41) is 9.98. The van der Waals surface area contributed by atoms with Crippen molar-refractivity contribution in [3.8, 4) is 5.75 Å². The van der Waals surface area contributed by atoms with Gasteiger partial charge < -0.3 is 10.8 Å². The fourth-order valence-corrected chi connectivity index (χ4v) is 1.27. The molecule has 0 bridgehead atoms. The first-order chi connectivity index (χ1) is 5.65. The first kappa shape index (κ1) is 9.36. The average Bonchev–Trinajstić information content (AvgIpc) is 2.01. The second kappa shape index (κ2) is 3.78. The topological polar surface area (TPSA) is 46.2 Å². The third-order valence-corrected chi connectivity index (χ3v) is 2.20. The summed E-state index contributed by atoms with van der Waals surface area (Å²) in [4.78, 5) is 0. The molecule has 3 N–H and O–H groups in total. The van der Waals surface area contributed by atoms with Gasteiger partial charge in [0.15, 0.2) is 0 Å². The van der Waals surface area contributed by atoms with Crippen molar-refractivity contribution in [2.75, 3.05) is 6.54 Å². The summed E-state index contributed by atoms with van der Waals surface area (Å²) in [6.07, 6.45) is 0.744. The highest BCUT2D eigenvalue weighted by molar-refractivity contribution is 6.31. The number of phenols is 1. The number of benzene rings is 1. The van der Waals surface area contributed by atoms with Crippen LogP contribution < -0.4 is 5.73 Å². The van der Waals surface area contributed by atoms with E-state index in [1.54, 1.807) is 13.0 Å². The molecule has 0 fully saturated rings. The molecule has 2 nitrogen and oxygen atoms in total. The van der Waals surface area contributed by atoms with E-state index in [-0.39, 0.29) is 5.75 Å². The minimum Gasteiger partial charge on any atom is -0.508 e. The lowest BCUT2D eigenvalue weighted by Crippen LogP contribution is -2.02. The first-order valence-electron chi connectivity index (χ1n) is 3.83. The van der Waals surface area contributed by atoms with Gasteiger partial charge in [-0.1, -0.05) is 11.6 Å². The highest BCUT2D eigenvalue weighted by atomic mass is 35.5. The maximum atomic E-state index is 9.38. The van der Waals surface area contributed by atoms with Crippen LogP contribution in [0.5, 0.6) is 5.75 Å². The summed E-state index contributed by atoms with van der Waals surface area (Å²) in [6, 6.07) is 3.54. The van der Waals surface area contributed by atoms with Gasteiger partial charge in [-0.05, 0) is 37.6 Å². The van der Waals surface area contributed by atoms with Crippen molar-refractivity contribution in [3.05, 3.63) is 28.3 Å². The van der Waals surface area contributed by atoms with Crippen LogP contribution in [0, 0.1) is 6.92 Å². The van der Waals surface area contributed by atoms with E-state index in [9.17, 15) is 5.11 Å². The summed E-state index contributed by atoms with van der Waals surface area (Å²) >= 11 is 5.85.